The summed E-state index contributed by atoms with van der Waals surface area (Å²) in [5, 5.41) is 2.97. The minimum atomic E-state index is -0.708. The monoisotopic (exact) mass is 449 g/mol. The molecule has 0 unspecified atom stereocenters. The molecule has 0 atom stereocenters. The van der Waals surface area contributed by atoms with Gasteiger partial charge in [0.2, 0.25) is 5.95 Å². The molecule has 0 radical (unpaired) electrons. The standard InChI is InChI=1S/C24H18F3N5O/c1-14-10-15(6-7-28-14)18-4-3-17(12-19(18)26)30-24-29-13-22-23(31-24)32(8-9-33-22)21-5-2-16(25)11-20(21)27/h2-7,10-13H,8-9H2,1H3,(H,29,30,31). The number of hydrogen-bond acceptors (Lipinski definition) is 6. The summed E-state index contributed by atoms with van der Waals surface area (Å²) in [5.41, 5.74) is 2.59. The van der Waals surface area contributed by atoms with E-state index in [9.17, 15) is 13.2 Å². The molecule has 33 heavy (non-hydrogen) atoms. The lowest BCUT2D eigenvalue weighted by Gasteiger charge is -2.30. The normalized spacial score (nSPS) is 12.8. The Labute approximate surface area is 187 Å². The van der Waals surface area contributed by atoms with E-state index in [1.807, 2.05) is 6.92 Å². The summed E-state index contributed by atoms with van der Waals surface area (Å²) in [6, 6.07) is 11.6. The second-order valence-electron chi connectivity index (χ2n) is 7.48. The number of aryl methyl sites for hydroxylation is 1. The maximum absolute atomic E-state index is 14.8. The second-order valence-corrected chi connectivity index (χ2v) is 7.48. The minimum Gasteiger partial charge on any atom is -0.486 e. The number of nitrogens with zero attached hydrogens (tertiary/aromatic N) is 4. The SMILES string of the molecule is Cc1cc(-c2ccc(Nc3ncc4c(n3)N(c3ccc(F)cc3F)CCO4)cc2F)ccn1. The number of rotatable bonds is 4. The first-order valence-electron chi connectivity index (χ1n) is 10.2. The van der Waals surface area contributed by atoms with Gasteiger partial charge in [-0.1, -0.05) is 0 Å². The number of ether oxygens (including phenoxy) is 1. The highest BCUT2D eigenvalue weighted by atomic mass is 19.1. The van der Waals surface area contributed by atoms with Crippen molar-refractivity contribution in [1.29, 1.82) is 0 Å². The Morgan fingerprint density at radius 3 is 2.64 bits per heavy atom. The number of halogens is 3. The van der Waals surface area contributed by atoms with Crippen LogP contribution in [0.25, 0.3) is 11.1 Å². The number of fused-ring (bicyclic) bond motifs is 1. The molecule has 0 amide bonds. The van der Waals surface area contributed by atoms with Crippen LogP contribution in [0.5, 0.6) is 5.75 Å². The highest BCUT2D eigenvalue weighted by Crippen LogP contribution is 2.37. The van der Waals surface area contributed by atoms with E-state index in [4.69, 9.17) is 4.74 Å². The number of anilines is 4. The molecule has 6 nitrogen and oxygen atoms in total. The van der Waals surface area contributed by atoms with Crippen molar-refractivity contribution >= 4 is 23.1 Å². The van der Waals surface area contributed by atoms with Crippen molar-refractivity contribution in [3.05, 3.63) is 84.1 Å². The van der Waals surface area contributed by atoms with Crippen LogP contribution in [0.1, 0.15) is 5.69 Å². The molecule has 166 valence electrons. The summed E-state index contributed by atoms with van der Waals surface area (Å²) in [4.78, 5) is 14.4. The molecule has 1 aliphatic rings. The van der Waals surface area contributed by atoms with Crippen LogP contribution in [0.15, 0.2) is 60.9 Å². The minimum absolute atomic E-state index is 0.175. The zero-order valence-electron chi connectivity index (χ0n) is 17.5. The van der Waals surface area contributed by atoms with Gasteiger partial charge in [-0.3, -0.25) is 4.98 Å². The molecule has 0 saturated carbocycles. The van der Waals surface area contributed by atoms with Gasteiger partial charge >= 0.3 is 0 Å². The van der Waals surface area contributed by atoms with Crippen LogP contribution >= 0.6 is 0 Å². The van der Waals surface area contributed by atoms with Crippen molar-refractivity contribution in [3.8, 4) is 16.9 Å². The van der Waals surface area contributed by atoms with Crippen LogP contribution in [0.2, 0.25) is 0 Å². The van der Waals surface area contributed by atoms with Crippen LogP contribution in [-0.2, 0) is 0 Å². The van der Waals surface area contributed by atoms with Gasteiger partial charge in [-0.05, 0) is 55.0 Å². The average molecular weight is 449 g/mol. The van der Waals surface area contributed by atoms with Crippen LogP contribution in [0.3, 0.4) is 0 Å². The molecule has 1 N–H and O–H groups in total. The predicted octanol–water partition coefficient (Wildman–Crippen LogP) is 5.54. The zero-order chi connectivity index (χ0) is 22.9. The summed E-state index contributed by atoms with van der Waals surface area (Å²) < 4.78 is 48.1. The topological polar surface area (TPSA) is 63.2 Å². The van der Waals surface area contributed by atoms with E-state index in [2.05, 4.69) is 20.3 Å². The lowest BCUT2D eigenvalue weighted by Crippen LogP contribution is -2.30. The molecule has 2 aromatic heterocycles. The molecule has 0 bridgehead atoms. The summed E-state index contributed by atoms with van der Waals surface area (Å²) >= 11 is 0. The Morgan fingerprint density at radius 1 is 0.970 bits per heavy atom. The van der Waals surface area contributed by atoms with Gasteiger partial charge in [0.05, 0.1) is 18.4 Å². The third-order valence-electron chi connectivity index (χ3n) is 5.20. The van der Waals surface area contributed by atoms with Gasteiger partial charge in [-0.15, -0.1) is 0 Å². The van der Waals surface area contributed by atoms with Gasteiger partial charge in [0.25, 0.3) is 0 Å². The summed E-state index contributed by atoms with van der Waals surface area (Å²) in [5.74, 6) is -0.915. The van der Waals surface area contributed by atoms with Gasteiger partial charge in [-0.2, -0.15) is 4.98 Å². The van der Waals surface area contributed by atoms with Gasteiger partial charge in [-0.25, -0.2) is 18.2 Å². The average Bonchev–Trinajstić information content (AvgIpc) is 2.79. The van der Waals surface area contributed by atoms with Gasteiger partial charge in [0, 0.05) is 29.2 Å². The van der Waals surface area contributed by atoms with Crippen LogP contribution in [0.4, 0.5) is 36.3 Å². The largest absolute Gasteiger partial charge is 0.486 e. The molecule has 3 heterocycles. The highest BCUT2D eigenvalue weighted by molar-refractivity contribution is 5.70. The summed E-state index contributed by atoms with van der Waals surface area (Å²) in [6.45, 7) is 2.46. The molecule has 5 rings (SSSR count). The molecule has 2 aromatic carbocycles. The van der Waals surface area contributed by atoms with Crippen molar-refractivity contribution in [2.45, 2.75) is 6.92 Å². The first-order chi connectivity index (χ1) is 16.0. The molecule has 9 heteroatoms. The molecular weight excluding hydrogens is 431 g/mol. The highest BCUT2D eigenvalue weighted by Gasteiger charge is 2.25. The molecule has 0 fully saturated rings. The van der Waals surface area contributed by atoms with E-state index < -0.39 is 17.5 Å². The van der Waals surface area contributed by atoms with Crippen LogP contribution in [0, 0.1) is 24.4 Å². The molecule has 4 aromatic rings. The van der Waals surface area contributed by atoms with E-state index in [1.165, 1.54) is 24.4 Å². The van der Waals surface area contributed by atoms with Crippen molar-refractivity contribution in [2.75, 3.05) is 23.4 Å². The quantitative estimate of drug-likeness (QED) is 0.442. The third kappa shape index (κ3) is 4.17. The van der Waals surface area contributed by atoms with E-state index in [1.54, 1.807) is 35.4 Å². The maximum Gasteiger partial charge on any atom is 0.229 e. The van der Waals surface area contributed by atoms with Crippen molar-refractivity contribution in [2.24, 2.45) is 0 Å². The number of nitrogens with one attached hydrogen (secondary N) is 1. The fourth-order valence-electron chi connectivity index (χ4n) is 3.67. The maximum atomic E-state index is 14.8. The third-order valence-corrected chi connectivity index (χ3v) is 5.20. The predicted molar refractivity (Wildman–Crippen MR) is 119 cm³/mol. The molecule has 0 saturated heterocycles. The summed E-state index contributed by atoms with van der Waals surface area (Å²) in [6.07, 6.45) is 3.09. The molecule has 1 aliphatic heterocycles. The fraction of sp³-hybridized carbons (Fsp3) is 0.125. The lowest BCUT2D eigenvalue weighted by molar-refractivity contribution is 0.310. The Kier molecular flexibility index (Phi) is 5.29. The van der Waals surface area contributed by atoms with Crippen molar-refractivity contribution in [3.63, 3.8) is 0 Å². The molecular formula is C24H18F3N5O. The van der Waals surface area contributed by atoms with Crippen molar-refractivity contribution < 1.29 is 17.9 Å². The van der Waals surface area contributed by atoms with E-state index in [-0.39, 0.29) is 11.6 Å². The number of aromatic nitrogens is 3. The second kappa shape index (κ2) is 8.42. The number of benzene rings is 2. The number of pyridine rings is 1. The van der Waals surface area contributed by atoms with E-state index >= 15 is 0 Å². The van der Waals surface area contributed by atoms with Gasteiger partial charge in [0.1, 0.15) is 24.1 Å². The summed E-state index contributed by atoms with van der Waals surface area (Å²) in [7, 11) is 0. The van der Waals surface area contributed by atoms with E-state index in [0.29, 0.717) is 36.0 Å². The van der Waals surface area contributed by atoms with Crippen LogP contribution in [-0.4, -0.2) is 28.1 Å². The van der Waals surface area contributed by atoms with Gasteiger partial charge in [0.15, 0.2) is 11.6 Å². The van der Waals surface area contributed by atoms with Crippen molar-refractivity contribution in [1.82, 2.24) is 15.0 Å². The Morgan fingerprint density at radius 2 is 1.85 bits per heavy atom. The lowest BCUT2D eigenvalue weighted by atomic mass is 10.1. The first-order valence-corrected chi connectivity index (χ1v) is 10.2. The Hall–Kier alpha value is -4.14. The first kappa shape index (κ1) is 20.7. The molecule has 0 spiro atoms. The number of hydrogen-bond donors (Lipinski definition) is 1. The van der Waals surface area contributed by atoms with E-state index in [0.717, 1.165) is 17.3 Å². The zero-order valence-corrected chi connectivity index (χ0v) is 17.5. The van der Waals surface area contributed by atoms with Gasteiger partial charge < -0.3 is 15.0 Å². The Bertz CT molecular complexity index is 1350. The molecule has 0 aliphatic carbocycles. The Balaban J connectivity index is 1.44. The smallest absolute Gasteiger partial charge is 0.229 e. The van der Waals surface area contributed by atoms with Crippen LogP contribution < -0.4 is 15.0 Å². The fourth-order valence-corrected chi connectivity index (χ4v) is 3.67.